The van der Waals surface area contributed by atoms with E-state index in [2.05, 4.69) is 11.6 Å². The number of hydrogen-bond donors (Lipinski definition) is 2. The number of hydrogen-bond acceptors (Lipinski definition) is 3. The summed E-state index contributed by atoms with van der Waals surface area (Å²) in [5.74, 6) is 0. The third-order valence-corrected chi connectivity index (χ3v) is 5.28. The molecule has 2 N–H and O–H groups in total. The molecule has 0 unspecified atom stereocenters. The molecule has 2 nitrogen and oxygen atoms in total. The van der Waals surface area contributed by atoms with Crippen molar-refractivity contribution < 1.29 is 5.11 Å². The van der Waals surface area contributed by atoms with Gasteiger partial charge >= 0.3 is 0 Å². The summed E-state index contributed by atoms with van der Waals surface area (Å²) < 4.78 is 0.502. The van der Waals surface area contributed by atoms with Gasteiger partial charge in [0.2, 0.25) is 0 Å². The zero-order valence-corrected chi connectivity index (χ0v) is 9.78. The Morgan fingerprint density at radius 2 is 2.14 bits per heavy atom. The Morgan fingerprint density at radius 1 is 1.36 bits per heavy atom. The van der Waals surface area contributed by atoms with Gasteiger partial charge in [-0.1, -0.05) is 6.42 Å². The lowest BCUT2D eigenvalue weighted by molar-refractivity contribution is 0.145. The van der Waals surface area contributed by atoms with E-state index < -0.39 is 0 Å². The highest BCUT2D eigenvalue weighted by atomic mass is 32.2. The minimum Gasteiger partial charge on any atom is -0.392 e. The van der Waals surface area contributed by atoms with Crippen LogP contribution in [0, 0.1) is 0 Å². The molecule has 0 aliphatic heterocycles. The second-order valence-corrected chi connectivity index (χ2v) is 6.00. The molecule has 0 amide bonds. The van der Waals surface area contributed by atoms with Crippen LogP contribution in [0.5, 0.6) is 0 Å². The fourth-order valence-corrected chi connectivity index (χ4v) is 3.44. The van der Waals surface area contributed by atoms with Gasteiger partial charge in [-0.05, 0) is 38.4 Å². The van der Waals surface area contributed by atoms with Crippen LogP contribution >= 0.6 is 11.8 Å². The number of aliphatic hydroxyl groups excluding tert-OH is 1. The van der Waals surface area contributed by atoms with E-state index in [1.165, 1.54) is 25.7 Å². The van der Waals surface area contributed by atoms with Gasteiger partial charge in [0.15, 0.2) is 0 Å². The first-order valence-corrected chi connectivity index (χ1v) is 6.95. The Balaban J connectivity index is 1.75. The molecule has 82 valence electrons. The molecule has 2 atom stereocenters. The van der Waals surface area contributed by atoms with Gasteiger partial charge in [0, 0.05) is 17.3 Å². The normalized spacial score (nSPS) is 35.6. The van der Waals surface area contributed by atoms with Crippen molar-refractivity contribution in [3.63, 3.8) is 0 Å². The Bertz CT molecular complexity index is 188. The fourth-order valence-electron chi connectivity index (χ4n) is 2.52. The molecule has 0 aromatic rings. The molecule has 0 aromatic carbocycles. The summed E-state index contributed by atoms with van der Waals surface area (Å²) in [7, 11) is 0. The summed E-state index contributed by atoms with van der Waals surface area (Å²) in [5.41, 5.74) is 0. The minimum absolute atomic E-state index is 0.0889. The van der Waals surface area contributed by atoms with Crippen molar-refractivity contribution in [2.45, 2.75) is 55.4 Å². The first kappa shape index (κ1) is 10.8. The summed E-state index contributed by atoms with van der Waals surface area (Å²) in [6, 6.07) is 0.375. The van der Waals surface area contributed by atoms with Crippen LogP contribution in [-0.2, 0) is 0 Å². The lowest BCUT2D eigenvalue weighted by Gasteiger charge is -2.41. The maximum atomic E-state index is 9.68. The van der Waals surface area contributed by atoms with Crippen LogP contribution in [0.4, 0.5) is 0 Å². The Kier molecular flexibility index (Phi) is 3.40. The second-order valence-electron chi connectivity index (χ2n) is 4.73. The highest BCUT2D eigenvalue weighted by molar-refractivity contribution is 8.00. The average Bonchev–Trinajstić information content (AvgIpc) is 2.51. The summed E-state index contributed by atoms with van der Waals surface area (Å²) >= 11 is 2.00. The van der Waals surface area contributed by atoms with Crippen LogP contribution in [0.15, 0.2) is 0 Å². The quantitative estimate of drug-likeness (QED) is 0.750. The fraction of sp³-hybridized carbons (Fsp3) is 1.00. The summed E-state index contributed by atoms with van der Waals surface area (Å²) in [5, 5.41) is 13.2. The van der Waals surface area contributed by atoms with E-state index in [4.69, 9.17) is 0 Å². The Hall–Kier alpha value is 0.270. The molecule has 2 rings (SSSR count). The Morgan fingerprint density at radius 3 is 2.57 bits per heavy atom. The Labute approximate surface area is 90.8 Å². The van der Waals surface area contributed by atoms with E-state index in [0.717, 1.165) is 19.4 Å². The van der Waals surface area contributed by atoms with E-state index in [1.54, 1.807) is 0 Å². The van der Waals surface area contributed by atoms with Gasteiger partial charge < -0.3 is 10.4 Å². The van der Waals surface area contributed by atoms with Crippen molar-refractivity contribution in [1.29, 1.82) is 0 Å². The van der Waals surface area contributed by atoms with E-state index in [9.17, 15) is 5.11 Å². The molecule has 0 bridgehead atoms. The zero-order valence-electron chi connectivity index (χ0n) is 8.96. The molecular weight excluding hydrogens is 194 g/mol. The maximum absolute atomic E-state index is 9.68. The van der Waals surface area contributed by atoms with Crippen LogP contribution in [0.1, 0.15) is 38.5 Å². The molecule has 0 spiro atoms. The topological polar surface area (TPSA) is 32.3 Å². The zero-order chi connectivity index (χ0) is 10.0. The molecule has 3 heteroatoms. The molecule has 0 heterocycles. The number of thioether (sulfide) groups is 1. The van der Waals surface area contributed by atoms with Gasteiger partial charge in [-0.15, -0.1) is 0 Å². The van der Waals surface area contributed by atoms with Crippen molar-refractivity contribution in [3.05, 3.63) is 0 Å². The summed E-state index contributed by atoms with van der Waals surface area (Å²) in [6.45, 7) is 1.09. The van der Waals surface area contributed by atoms with Crippen molar-refractivity contribution >= 4 is 11.8 Å². The van der Waals surface area contributed by atoms with Crippen molar-refractivity contribution in [3.8, 4) is 0 Å². The van der Waals surface area contributed by atoms with Gasteiger partial charge in [0.1, 0.15) is 0 Å². The standard InChI is InChI=1S/C11H21NOS/c1-14-11(6-3-7-11)8-12-9-4-2-5-10(9)13/h9-10,12-13H,2-8H2,1H3/t9-,10-/m1/s1. The lowest BCUT2D eigenvalue weighted by Crippen LogP contribution is -2.48. The second kappa shape index (κ2) is 4.42. The molecular formula is C11H21NOS. The predicted octanol–water partition coefficient (Wildman–Crippen LogP) is 1.78. The predicted molar refractivity (Wildman–Crippen MR) is 61.7 cm³/mol. The molecule has 0 radical (unpaired) electrons. The van der Waals surface area contributed by atoms with Crippen molar-refractivity contribution in [2.24, 2.45) is 0 Å². The van der Waals surface area contributed by atoms with E-state index in [1.807, 2.05) is 11.8 Å². The first-order valence-electron chi connectivity index (χ1n) is 5.72. The van der Waals surface area contributed by atoms with Gasteiger partial charge in [-0.25, -0.2) is 0 Å². The number of nitrogens with one attached hydrogen (secondary N) is 1. The maximum Gasteiger partial charge on any atom is 0.0693 e. The van der Waals surface area contributed by atoms with Gasteiger partial charge in [-0.2, -0.15) is 11.8 Å². The first-order chi connectivity index (χ1) is 6.76. The lowest BCUT2D eigenvalue weighted by atomic mass is 9.84. The molecule has 2 fully saturated rings. The third-order valence-electron chi connectivity index (χ3n) is 3.86. The van der Waals surface area contributed by atoms with Crippen LogP contribution < -0.4 is 5.32 Å². The molecule has 0 saturated heterocycles. The van der Waals surface area contributed by atoms with E-state index in [-0.39, 0.29) is 6.10 Å². The van der Waals surface area contributed by atoms with Crippen LogP contribution in [0.25, 0.3) is 0 Å². The van der Waals surface area contributed by atoms with E-state index in [0.29, 0.717) is 10.8 Å². The highest BCUT2D eigenvalue weighted by Gasteiger charge is 2.37. The van der Waals surface area contributed by atoms with Crippen molar-refractivity contribution in [2.75, 3.05) is 12.8 Å². The largest absolute Gasteiger partial charge is 0.392 e. The molecule has 2 saturated carbocycles. The highest BCUT2D eigenvalue weighted by Crippen LogP contribution is 2.42. The summed E-state index contributed by atoms with van der Waals surface area (Å²) in [6.07, 6.45) is 9.55. The average molecular weight is 215 g/mol. The molecule has 14 heavy (non-hydrogen) atoms. The smallest absolute Gasteiger partial charge is 0.0693 e. The van der Waals surface area contributed by atoms with Crippen LogP contribution in [0.2, 0.25) is 0 Å². The van der Waals surface area contributed by atoms with Gasteiger partial charge in [0.05, 0.1) is 6.10 Å². The molecule has 0 aromatic heterocycles. The number of aliphatic hydroxyl groups is 1. The van der Waals surface area contributed by atoms with Gasteiger partial charge in [-0.3, -0.25) is 0 Å². The number of rotatable bonds is 4. The van der Waals surface area contributed by atoms with Crippen molar-refractivity contribution in [1.82, 2.24) is 5.32 Å². The SMILES string of the molecule is CSC1(CN[C@@H]2CCC[C@H]2O)CCC1. The van der Waals surface area contributed by atoms with Crippen LogP contribution in [0.3, 0.4) is 0 Å². The van der Waals surface area contributed by atoms with Crippen LogP contribution in [-0.4, -0.2) is 34.8 Å². The molecule has 2 aliphatic carbocycles. The summed E-state index contributed by atoms with van der Waals surface area (Å²) in [4.78, 5) is 0. The van der Waals surface area contributed by atoms with Gasteiger partial charge in [0.25, 0.3) is 0 Å². The monoisotopic (exact) mass is 215 g/mol. The third kappa shape index (κ3) is 2.10. The molecule has 2 aliphatic rings. The minimum atomic E-state index is -0.0889. The van der Waals surface area contributed by atoms with E-state index >= 15 is 0 Å².